The molecule has 1 aromatic carbocycles. The minimum atomic E-state index is -1.44. The summed E-state index contributed by atoms with van der Waals surface area (Å²) in [5, 5.41) is 17.9. The van der Waals surface area contributed by atoms with Gasteiger partial charge in [-0.3, -0.25) is 0 Å². The summed E-state index contributed by atoms with van der Waals surface area (Å²) in [5.74, 6) is 0.935. The van der Waals surface area contributed by atoms with E-state index in [0.717, 1.165) is 10.6 Å². The van der Waals surface area contributed by atoms with Gasteiger partial charge in [0.1, 0.15) is 0 Å². The van der Waals surface area contributed by atoms with E-state index in [-0.39, 0.29) is 0 Å². The molecule has 0 aliphatic heterocycles. The number of hydrogen-bond donors (Lipinski definition) is 3. The highest BCUT2D eigenvalue weighted by atomic mass is 32.2. The lowest BCUT2D eigenvalue weighted by molar-refractivity contribution is 0.425. The molecule has 13 heavy (non-hydrogen) atoms. The zero-order valence-corrected chi connectivity index (χ0v) is 8.21. The van der Waals surface area contributed by atoms with E-state index < -0.39 is 7.12 Å². The normalized spacial score (nSPS) is 10.1. The standard InChI is InChI=1S/C8H12BNO2S/c1-2-13-8-4-6(9(11)12)3-7(10)5-8/h3-5,11-12H,2,10H2,1H3. The fourth-order valence-corrected chi connectivity index (χ4v) is 1.82. The third-order valence-electron chi connectivity index (χ3n) is 1.56. The van der Waals surface area contributed by atoms with Crippen molar-refractivity contribution < 1.29 is 10.0 Å². The second-order valence-electron chi connectivity index (χ2n) is 2.64. The summed E-state index contributed by atoms with van der Waals surface area (Å²) in [6.45, 7) is 2.03. The molecule has 0 saturated heterocycles. The summed E-state index contributed by atoms with van der Waals surface area (Å²) in [5.41, 5.74) is 6.59. The van der Waals surface area contributed by atoms with Crippen molar-refractivity contribution in [3.63, 3.8) is 0 Å². The number of anilines is 1. The van der Waals surface area contributed by atoms with Crippen molar-refractivity contribution in [1.29, 1.82) is 0 Å². The van der Waals surface area contributed by atoms with Crippen LogP contribution in [0, 0.1) is 0 Å². The smallest absolute Gasteiger partial charge is 0.423 e. The van der Waals surface area contributed by atoms with Gasteiger partial charge in [0.05, 0.1) is 0 Å². The monoisotopic (exact) mass is 197 g/mol. The van der Waals surface area contributed by atoms with Gasteiger partial charge in [-0.2, -0.15) is 0 Å². The van der Waals surface area contributed by atoms with E-state index in [4.69, 9.17) is 15.8 Å². The Morgan fingerprint density at radius 1 is 1.38 bits per heavy atom. The lowest BCUT2D eigenvalue weighted by Gasteiger charge is -2.05. The fourth-order valence-electron chi connectivity index (χ4n) is 1.05. The van der Waals surface area contributed by atoms with Crippen LogP contribution in [0.4, 0.5) is 5.69 Å². The minimum absolute atomic E-state index is 0.441. The minimum Gasteiger partial charge on any atom is -0.423 e. The molecule has 4 N–H and O–H groups in total. The van der Waals surface area contributed by atoms with Gasteiger partial charge >= 0.3 is 7.12 Å². The summed E-state index contributed by atoms with van der Waals surface area (Å²) in [6.07, 6.45) is 0. The van der Waals surface area contributed by atoms with Crippen molar-refractivity contribution in [1.82, 2.24) is 0 Å². The van der Waals surface area contributed by atoms with E-state index in [2.05, 4.69) is 0 Å². The zero-order chi connectivity index (χ0) is 9.84. The van der Waals surface area contributed by atoms with Crippen LogP contribution < -0.4 is 11.2 Å². The van der Waals surface area contributed by atoms with E-state index >= 15 is 0 Å². The third-order valence-corrected chi connectivity index (χ3v) is 2.42. The van der Waals surface area contributed by atoms with E-state index in [1.165, 1.54) is 0 Å². The molecule has 0 amide bonds. The molecule has 0 atom stereocenters. The molecular weight excluding hydrogens is 185 g/mol. The first-order valence-electron chi connectivity index (χ1n) is 4.03. The van der Waals surface area contributed by atoms with Gasteiger partial charge < -0.3 is 15.8 Å². The van der Waals surface area contributed by atoms with Crippen LogP contribution >= 0.6 is 11.8 Å². The first kappa shape index (κ1) is 10.4. The SMILES string of the molecule is CCSc1cc(N)cc(B(O)O)c1. The maximum Gasteiger partial charge on any atom is 0.488 e. The molecule has 1 rings (SSSR count). The summed E-state index contributed by atoms with van der Waals surface area (Å²) in [4.78, 5) is 0.964. The molecule has 0 unspecified atom stereocenters. The van der Waals surface area contributed by atoms with Crippen molar-refractivity contribution in [3.8, 4) is 0 Å². The lowest BCUT2D eigenvalue weighted by Crippen LogP contribution is -2.30. The van der Waals surface area contributed by atoms with Gasteiger partial charge in [0.2, 0.25) is 0 Å². The average Bonchev–Trinajstić information content (AvgIpc) is 2.03. The van der Waals surface area contributed by atoms with Gasteiger partial charge in [-0.25, -0.2) is 0 Å². The largest absolute Gasteiger partial charge is 0.488 e. The fraction of sp³-hybridized carbons (Fsp3) is 0.250. The third kappa shape index (κ3) is 2.95. The molecule has 0 heterocycles. The first-order valence-corrected chi connectivity index (χ1v) is 5.01. The van der Waals surface area contributed by atoms with Crippen LogP contribution in [0.15, 0.2) is 23.1 Å². The van der Waals surface area contributed by atoms with Crippen LogP contribution in [0.3, 0.4) is 0 Å². The van der Waals surface area contributed by atoms with E-state index in [1.807, 2.05) is 13.0 Å². The van der Waals surface area contributed by atoms with Crippen molar-refractivity contribution in [2.75, 3.05) is 11.5 Å². The van der Waals surface area contributed by atoms with Gasteiger partial charge in [-0.05, 0) is 29.4 Å². The van der Waals surface area contributed by atoms with Crippen LogP contribution in [0.1, 0.15) is 6.92 Å². The highest BCUT2D eigenvalue weighted by molar-refractivity contribution is 7.99. The van der Waals surface area contributed by atoms with Gasteiger partial charge in [0, 0.05) is 10.6 Å². The van der Waals surface area contributed by atoms with Gasteiger partial charge in [-0.1, -0.05) is 6.92 Å². The molecule has 0 aromatic heterocycles. The number of nitrogen functional groups attached to an aromatic ring is 1. The number of benzene rings is 1. The first-order chi connectivity index (χ1) is 6.13. The maximum absolute atomic E-state index is 8.93. The zero-order valence-electron chi connectivity index (χ0n) is 7.40. The molecule has 5 heteroatoms. The molecule has 1 aromatic rings. The van der Waals surface area contributed by atoms with Crippen molar-refractivity contribution in [3.05, 3.63) is 18.2 Å². The topological polar surface area (TPSA) is 66.5 Å². The molecular formula is C8H12BNO2S. The Hall–Kier alpha value is -0.645. The predicted molar refractivity (Wildman–Crippen MR) is 57.1 cm³/mol. The second-order valence-corrected chi connectivity index (χ2v) is 3.98. The van der Waals surface area contributed by atoms with Gasteiger partial charge in [0.25, 0.3) is 0 Å². The Bertz CT molecular complexity index is 293. The van der Waals surface area contributed by atoms with Crippen LogP contribution in [0.5, 0.6) is 0 Å². The summed E-state index contributed by atoms with van der Waals surface area (Å²) in [7, 11) is -1.44. The number of hydrogen-bond acceptors (Lipinski definition) is 4. The van der Waals surface area contributed by atoms with Crippen LogP contribution in [-0.2, 0) is 0 Å². The summed E-state index contributed by atoms with van der Waals surface area (Å²) < 4.78 is 0. The van der Waals surface area contributed by atoms with Gasteiger partial charge in [0.15, 0.2) is 0 Å². The average molecular weight is 197 g/mol. The molecule has 0 saturated carbocycles. The number of rotatable bonds is 3. The Kier molecular flexibility index (Phi) is 3.65. The Morgan fingerprint density at radius 3 is 2.62 bits per heavy atom. The van der Waals surface area contributed by atoms with Crippen LogP contribution in [0.25, 0.3) is 0 Å². The summed E-state index contributed by atoms with van der Waals surface area (Å²) >= 11 is 1.62. The van der Waals surface area contributed by atoms with Gasteiger partial charge in [-0.15, -0.1) is 11.8 Å². The van der Waals surface area contributed by atoms with Crippen LogP contribution in [-0.4, -0.2) is 22.9 Å². The Balaban J connectivity index is 2.96. The molecule has 70 valence electrons. The van der Waals surface area contributed by atoms with Crippen molar-refractivity contribution in [2.45, 2.75) is 11.8 Å². The Morgan fingerprint density at radius 2 is 2.08 bits per heavy atom. The lowest BCUT2D eigenvalue weighted by atomic mass is 9.80. The number of thioether (sulfide) groups is 1. The molecule has 0 aliphatic rings. The quantitative estimate of drug-likeness (QED) is 0.364. The second kappa shape index (κ2) is 4.55. The molecule has 0 spiro atoms. The predicted octanol–water partition coefficient (Wildman–Crippen LogP) is 0.0606. The molecule has 3 nitrogen and oxygen atoms in total. The molecule has 0 radical (unpaired) electrons. The van der Waals surface area contributed by atoms with Crippen molar-refractivity contribution in [2.24, 2.45) is 0 Å². The summed E-state index contributed by atoms with van der Waals surface area (Å²) in [6, 6.07) is 5.11. The highest BCUT2D eigenvalue weighted by Gasteiger charge is 2.11. The molecule has 0 bridgehead atoms. The number of nitrogens with two attached hydrogens (primary N) is 1. The van der Waals surface area contributed by atoms with E-state index in [1.54, 1.807) is 23.9 Å². The molecule has 0 fully saturated rings. The Labute approximate surface area is 82.1 Å². The van der Waals surface area contributed by atoms with Crippen LogP contribution in [0.2, 0.25) is 0 Å². The molecule has 0 aliphatic carbocycles. The highest BCUT2D eigenvalue weighted by Crippen LogP contribution is 2.18. The maximum atomic E-state index is 8.93. The van der Waals surface area contributed by atoms with E-state index in [9.17, 15) is 0 Å². The van der Waals surface area contributed by atoms with E-state index in [0.29, 0.717) is 11.2 Å². The van der Waals surface area contributed by atoms with Crippen molar-refractivity contribution >= 4 is 30.0 Å².